The highest BCUT2D eigenvalue weighted by Gasteiger charge is 2.15. The summed E-state index contributed by atoms with van der Waals surface area (Å²) in [6, 6.07) is 7.53. The Hall–Kier alpha value is -1.88. The van der Waals surface area contributed by atoms with Gasteiger partial charge in [0, 0.05) is 12.6 Å². The number of amides is 1. The molecule has 21 heavy (non-hydrogen) atoms. The highest BCUT2D eigenvalue weighted by atomic mass is 16.5. The van der Waals surface area contributed by atoms with Crippen LogP contribution in [0, 0.1) is 0 Å². The van der Waals surface area contributed by atoms with Gasteiger partial charge in [-0.1, -0.05) is 25.0 Å². The molecule has 1 aliphatic rings. The maximum atomic E-state index is 11.7. The van der Waals surface area contributed by atoms with Gasteiger partial charge < -0.3 is 15.4 Å². The Labute approximate surface area is 125 Å². The van der Waals surface area contributed by atoms with E-state index in [2.05, 4.69) is 15.4 Å². The van der Waals surface area contributed by atoms with Gasteiger partial charge in [-0.05, 0) is 30.5 Å². The fourth-order valence-electron chi connectivity index (χ4n) is 2.51. The van der Waals surface area contributed by atoms with Crippen molar-refractivity contribution in [3.05, 3.63) is 35.4 Å². The molecular formula is C16H22N2O3. The SMILES string of the molecule is COC(=O)c1ccc(CNC(=O)CNC2CCCC2)cc1. The summed E-state index contributed by atoms with van der Waals surface area (Å²) < 4.78 is 4.64. The number of hydrogen-bond donors (Lipinski definition) is 2. The van der Waals surface area contributed by atoms with Crippen LogP contribution in [0.2, 0.25) is 0 Å². The number of benzene rings is 1. The number of esters is 1. The van der Waals surface area contributed by atoms with Gasteiger partial charge in [-0.25, -0.2) is 4.79 Å². The highest BCUT2D eigenvalue weighted by Crippen LogP contribution is 2.17. The lowest BCUT2D eigenvalue weighted by atomic mass is 10.1. The highest BCUT2D eigenvalue weighted by molar-refractivity contribution is 5.89. The topological polar surface area (TPSA) is 67.4 Å². The molecule has 0 aliphatic heterocycles. The molecule has 0 atom stereocenters. The monoisotopic (exact) mass is 290 g/mol. The van der Waals surface area contributed by atoms with Gasteiger partial charge in [0.1, 0.15) is 0 Å². The van der Waals surface area contributed by atoms with E-state index >= 15 is 0 Å². The lowest BCUT2D eigenvalue weighted by Gasteiger charge is -2.11. The molecule has 1 aromatic carbocycles. The maximum Gasteiger partial charge on any atom is 0.337 e. The van der Waals surface area contributed by atoms with E-state index in [1.165, 1.54) is 32.8 Å². The van der Waals surface area contributed by atoms with Crippen molar-refractivity contribution >= 4 is 11.9 Å². The molecule has 1 fully saturated rings. The van der Waals surface area contributed by atoms with Crippen molar-refractivity contribution in [2.45, 2.75) is 38.3 Å². The van der Waals surface area contributed by atoms with E-state index in [1.54, 1.807) is 12.1 Å². The average molecular weight is 290 g/mol. The summed E-state index contributed by atoms with van der Waals surface area (Å²) in [5, 5.41) is 6.14. The van der Waals surface area contributed by atoms with Gasteiger partial charge in [-0.15, -0.1) is 0 Å². The van der Waals surface area contributed by atoms with Crippen molar-refractivity contribution < 1.29 is 14.3 Å². The molecule has 0 saturated heterocycles. The summed E-state index contributed by atoms with van der Waals surface area (Å²) in [5.74, 6) is -0.356. The fraction of sp³-hybridized carbons (Fsp3) is 0.500. The minimum Gasteiger partial charge on any atom is -0.465 e. The minimum atomic E-state index is -0.355. The molecule has 114 valence electrons. The van der Waals surface area contributed by atoms with Crippen molar-refractivity contribution in [2.24, 2.45) is 0 Å². The second-order valence-corrected chi connectivity index (χ2v) is 5.33. The van der Waals surface area contributed by atoms with Crippen molar-refractivity contribution in [1.29, 1.82) is 0 Å². The van der Waals surface area contributed by atoms with Gasteiger partial charge in [0.15, 0.2) is 0 Å². The lowest BCUT2D eigenvalue weighted by molar-refractivity contribution is -0.120. The van der Waals surface area contributed by atoms with Crippen LogP contribution in [0.15, 0.2) is 24.3 Å². The summed E-state index contributed by atoms with van der Waals surface area (Å²) in [6.45, 7) is 0.831. The van der Waals surface area contributed by atoms with Crippen molar-refractivity contribution in [1.82, 2.24) is 10.6 Å². The molecule has 1 aliphatic carbocycles. The number of carbonyl (C=O) groups excluding carboxylic acids is 2. The maximum absolute atomic E-state index is 11.7. The van der Waals surface area contributed by atoms with E-state index < -0.39 is 0 Å². The van der Waals surface area contributed by atoms with Crippen LogP contribution < -0.4 is 10.6 Å². The second-order valence-electron chi connectivity index (χ2n) is 5.33. The average Bonchev–Trinajstić information content (AvgIpc) is 3.04. The van der Waals surface area contributed by atoms with E-state index in [9.17, 15) is 9.59 Å². The fourth-order valence-corrected chi connectivity index (χ4v) is 2.51. The third-order valence-corrected chi connectivity index (χ3v) is 3.77. The third kappa shape index (κ3) is 4.86. The zero-order valence-electron chi connectivity index (χ0n) is 12.4. The number of nitrogens with one attached hydrogen (secondary N) is 2. The van der Waals surface area contributed by atoms with E-state index in [-0.39, 0.29) is 11.9 Å². The molecular weight excluding hydrogens is 268 g/mol. The van der Waals surface area contributed by atoms with Crippen molar-refractivity contribution in [2.75, 3.05) is 13.7 Å². The van der Waals surface area contributed by atoms with Gasteiger partial charge in [-0.2, -0.15) is 0 Å². The normalized spacial score (nSPS) is 14.9. The van der Waals surface area contributed by atoms with Crippen LogP contribution in [0.3, 0.4) is 0 Å². The zero-order valence-corrected chi connectivity index (χ0v) is 12.4. The van der Waals surface area contributed by atoms with Crippen LogP contribution in [-0.2, 0) is 16.1 Å². The Morgan fingerprint density at radius 2 is 1.86 bits per heavy atom. The van der Waals surface area contributed by atoms with E-state index in [1.807, 2.05) is 12.1 Å². The number of hydrogen-bond acceptors (Lipinski definition) is 4. The van der Waals surface area contributed by atoms with Crippen LogP contribution >= 0.6 is 0 Å². The molecule has 0 unspecified atom stereocenters. The number of ether oxygens (including phenoxy) is 1. The second kappa shape index (κ2) is 7.78. The predicted molar refractivity (Wildman–Crippen MR) is 79.9 cm³/mol. The summed E-state index contributed by atoms with van der Waals surface area (Å²) in [7, 11) is 1.35. The quantitative estimate of drug-likeness (QED) is 0.781. The zero-order chi connectivity index (χ0) is 15.1. The molecule has 1 aromatic rings. The smallest absolute Gasteiger partial charge is 0.337 e. The molecule has 2 N–H and O–H groups in total. The molecule has 1 saturated carbocycles. The van der Waals surface area contributed by atoms with E-state index in [0.29, 0.717) is 24.7 Å². The first-order valence-electron chi connectivity index (χ1n) is 7.36. The summed E-state index contributed by atoms with van der Waals surface area (Å²) in [5.41, 5.74) is 1.47. The molecule has 0 spiro atoms. The summed E-state index contributed by atoms with van der Waals surface area (Å²) in [4.78, 5) is 23.0. The number of methoxy groups -OCH3 is 1. The Kier molecular flexibility index (Phi) is 5.75. The lowest BCUT2D eigenvalue weighted by Crippen LogP contribution is -2.37. The van der Waals surface area contributed by atoms with Gasteiger partial charge in [0.05, 0.1) is 19.2 Å². The molecule has 0 aromatic heterocycles. The Balaban J connectivity index is 1.71. The van der Waals surface area contributed by atoms with E-state index in [0.717, 1.165) is 5.56 Å². The molecule has 0 bridgehead atoms. The van der Waals surface area contributed by atoms with Gasteiger partial charge in [-0.3, -0.25) is 4.79 Å². The van der Waals surface area contributed by atoms with Gasteiger partial charge in [0.2, 0.25) is 5.91 Å². The Morgan fingerprint density at radius 1 is 1.19 bits per heavy atom. The van der Waals surface area contributed by atoms with Crippen molar-refractivity contribution in [3.8, 4) is 0 Å². The Morgan fingerprint density at radius 3 is 2.48 bits per heavy atom. The van der Waals surface area contributed by atoms with E-state index in [4.69, 9.17) is 0 Å². The minimum absolute atomic E-state index is 0.000977. The summed E-state index contributed by atoms with van der Waals surface area (Å²) >= 11 is 0. The number of rotatable bonds is 6. The number of carbonyl (C=O) groups is 2. The van der Waals surface area contributed by atoms with Crippen molar-refractivity contribution in [3.63, 3.8) is 0 Å². The summed E-state index contributed by atoms with van der Waals surface area (Å²) in [6.07, 6.45) is 4.85. The van der Waals surface area contributed by atoms with Crippen LogP contribution in [0.5, 0.6) is 0 Å². The first kappa shape index (κ1) is 15.5. The first-order chi connectivity index (χ1) is 10.2. The van der Waals surface area contributed by atoms with Gasteiger partial charge in [0.25, 0.3) is 0 Å². The van der Waals surface area contributed by atoms with Gasteiger partial charge >= 0.3 is 5.97 Å². The van der Waals surface area contributed by atoms with Crippen LogP contribution in [0.4, 0.5) is 0 Å². The Bertz CT molecular complexity index is 479. The molecule has 0 heterocycles. The molecule has 5 heteroatoms. The molecule has 2 rings (SSSR count). The molecule has 0 radical (unpaired) electrons. The largest absolute Gasteiger partial charge is 0.465 e. The predicted octanol–water partition coefficient (Wildman–Crippen LogP) is 1.62. The first-order valence-corrected chi connectivity index (χ1v) is 7.36. The van der Waals surface area contributed by atoms with Crippen LogP contribution in [-0.4, -0.2) is 31.6 Å². The molecule has 5 nitrogen and oxygen atoms in total. The van der Waals surface area contributed by atoms with Crippen LogP contribution in [0.25, 0.3) is 0 Å². The third-order valence-electron chi connectivity index (χ3n) is 3.77. The standard InChI is InChI=1S/C16H22N2O3/c1-21-16(20)13-8-6-12(7-9-13)10-18-15(19)11-17-14-4-2-3-5-14/h6-9,14,17H,2-5,10-11H2,1H3,(H,18,19). The van der Waals surface area contributed by atoms with Crippen LogP contribution in [0.1, 0.15) is 41.6 Å². The molecule has 1 amide bonds.